The van der Waals surface area contributed by atoms with E-state index in [1.165, 1.54) is 19.1 Å². The Balaban J connectivity index is 1.98. The zero-order valence-electron chi connectivity index (χ0n) is 12.4. The molecule has 2 nitrogen and oxygen atoms in total. The van der Waals surface area contributed by atoms with Gasteiger partial charge in [-0.2, -0.15) is 8.78 Å². The third-order valence-electron chi connectivity index (χ3n) is 3.29. The van der Waals surface area contributed by atoms with Crippen LogP contribution in [-0.2, 0) is 28.5 Å². The monoisotopic (exact) mass is 304 g/mol. The molecule has 0 saturated heterocycles. The number of halogens is 2. The summed E-state index contributed by atoms with van der Waals surface area (Å²) in [5, 5.41) is 0. The van der Waals surface area contributed by atoms with Gasteiger partial charge in [0.2, 0.25) is 0 Å². The van der Waals surface area contributed by atoms with Crippen molar-refractivity contribution in [3.63, 3.8) is 0 Å². The fourth-order valence-electron chi connectivity index (χ4n) is 2.19. The first-order valence-electron chi connectivity index (χ1n) is 7.06. The fourth-order valence-corrected chi connectivity index (χ4v) is 2.19. The molecule has 0 saturated carbocycles. The van der Waals surface area contributed by atoms with Crippen molar-refractivity contribution in [1.82, 2.24) is 0 Å². The predicted octanol–water partition coefficient (Wildman–Crippen LogP) is 4.13. The first kappa shape index (κ1) is 16.3. The Hall–Kier alpha value is -2.07. The van der Waals surface area contributed by atoms with Crippen LogP contribution in [0.3, 0.4) is 0 Å². The van der Waals surface area contributed by atoms with E-state index in [2.05, 4.69) is 0 Å². The van der Waals surface area contributed by atoms with Crippen molar-refractivity contribution in [3.05, 3.63) is 71.3 Å². The van der Waals surface area contributed by atoms with E-state index >= 15 is 0 Å². The number of hydrogen-bond acceptors (Lipinski definition) is 2. The van der Waals surface area contributed by atoms with E-state index in [0.29, 0.717) is 0 Å². The summed E-state index contributed by atoms with van der Waals surface area (Å²) in [6.07, 6.45) is 0.286. The quantitative estimate of drug-likeness (QED) is 0.769. The molecule has 22 heavy (non-hydrogen) atoms. The minimum Gasteiger partial charge on any atom is -0.370 e. The molecule has 0 atom stereocenters. The number of ketones is 1. The molecular formula is C18H18F2O2. The van der Waals surface area contributed by atoms with E-state index in [4.69, 9.17) is 4.74 Å². The molecule has 116 valence electrons. The van der Waals surface area contributed by atoms with Crippen LogP contribution in [0.5, 0.6) is 0 Å². The number of hydrogen-bond donors (Lipinski definition) is 0. The average Bonchev–Trinajstić information content (AvgIpc) is 2.49. The lowest BCUT2D eigenvalue weighted by Gasteiger charge is -2.17. The first-order valence-corrected chi connectivity index (χ1v) is 7.06. The van der Waals surface area contributed by atoms with Crippen LogP contribution < -0.4 is 0 Å². The van der Waals surface area contributed by atoms with Gasteiger partial charge in [0.15, 0.2) is 0 Å². The molecule has 0 heterocycles. The second-order valence-corrected chi connectivity index (χ2v) is 5.21. The topological polar surface area (TPSA) is 26.3 Å². The molecule has 0 spiro atoms. The molecule has 0 bridgehead atoms. The molecule has 0 N–H and O–H groups in total. The summed E-state index contributed by atoms with van der Waals surface area (Å²) in [6, 6.07) is 14.8. The number of rotatable bonds is 7. The van der Waals surface area contributed by atoms with Gasteiger partial charge in [-0.1, -0.05) is 54.6 Å². The number of benzene rings is 2. The molecule has 0 aliphatic carbocycles. The Morgan fingerprint density at radius 2 is 1.59 bits per heavy atom. The van der Waals surface area contributed by atoms with Gasteiger partial charge in [-0.05, 0) is 18.1 Å². The van der Waals surface area contributed by atoms with E-state index in [1.54, 1.807) is 30.3 Å². The SMILES string of the molecule is CC(=O)Cc1ccccc1COCC(F)(F)c1ccccc1. The molecule has 2 aromatic carbocycles. The highest BCUT2D eigenvalue weighted by atomic mass is 19.3. The summed E-state index contributed by atoms with van der Waals surface area (Å²) in [4.78, 5) is 11.2. The van der Waals surface area contributed by atoms with Gasteiger partial charge in [0.25, 0.3) is 5.92 Å². The average molecular weight is 304 g/mol. The Morgan fingerprint density at radius 1 is 1.00 bits per heavy atom. The van der Waals surface area contributed by atoms with E-state index in [1.807, 2.05) is 12.1 Å². The van der Waals surface area contributed by atoms with Gasteiger partial charge >= 0.3 is 0 Å². The van der Waals surface area contributed by atoms with Crippen LogP contribution in [0.2, 0.25) is 0 Å². The van der Waals surface area contributed by atoms with Crippen molar-refractivity contribution in [1.29, 1.82) is 0 Å². The minimum absolute atomic E-state index is 0.0297. The molecule has 2 aromatic rings. The number of ether oxygens (including phenoxy) is 1. The molecule has 0 amide bonds. The summed E-state index contributed by atoms with van der Waals surface area (Å²) < 4.78 is 33.2. The van der Waals surface area contributed by atoms with Crippen LogP contribution in [0.25, 0.3) is 0 Å². The Bertz CT molecular complexity index is 624. The van der Waals surface area contributed by atoms with Gasteiger partial charge in [-0.3, -0.25) is 4.79 Å². The van der Waals surface area contributed by atoms with Gasteiger partial charge in [-0.25, -0.2) is 0 Å². The first-order chi connectivity index (χ1) is 10.5. The smallest absolute Gasteiger partial charge is 0.296 e. The van der Waals surface area contributed by atoms with Crippen LogP contribution in [0.15, 0.2) is 54.6 Å². The zero-order valence-corrected chi connectivity index (χ0v) is 12.4. The molecule has 0 fully saturated rings. The van der Waals surface area contributed by atoms with Gasteiger partial charge in [-0.15, -0.1) is 0 Å². The van der Waals surface area contributed by atoms with Gasteiger partial charge in [0.1, 0.15) is 12.4 Å². The Kier molecular flexibility index (Phi) is 5.39. The summed E-state index contributed by atoms with van der Waals surface area (Å²) in [7, 11) is 0. The van der Waals surface area contributed by atoms with Crippen LogP contribution in [0, 0.1) is 0 Å². The number of alkyl halides is 2. The lowest BCUT2D eigenvalue weighted by atomic mass is 10.0. The van der Waals surface area contributed by atoms with E-state index in [9.17, 15) is 13.6 Å². The van der Waals surface area contributed by atoms with Crippen molar-refractivity contribution in [2.45, 2.75) is 25.9 Å². The standard InChI is InChI=1S/C18H18F2O2/c1-14(21)11-15-7-5-6-8-16(15)12-22-13-18(19,20)17-9-3-2-4-10-17/h2-10H,11-13H2,1H3. The van der Waals surface area contributed by atoms with E-state index in [0.717, 1.165) is 11.1 Å². The lowest BCUT2D eigenvalue weighted by molar-refractivity contribution is -0.116. The predicted molar refractivity (Wildman–Crippen MR) is 80.8 cm³/mol. The third kappa shape index (κ3) is 4.46. The van der Waals surface area contributed by atoms with E-state index in [-0.39, 0.29) is 24.4 Å². The molecule has 4 heteroatoms. The van der Waals surface area contributed by atoms with Crippen LogP contribution >= 0.6 is 0 Å². The second kappa shape index (κ2) is 7.27. The highest BCUT2D eigenvalue weighted by Crippen LogP contribution is 2.28. The highest BCUT2D eigenvalue weighted by Gasteiger charge is 2.31. The van der Waals surface area contributed by atoms with Gasteiger partial charge in [0.05, 0.1) is 6.61 Å². The molecular weight excluding hydrogens is 286 g/mol. The maximum atomic E-state index is 14.0. The fraction of sp³-hybridized carbons (Fsp3) is 0.278. The normalized spacial score (nSPS) is 11.4. The lowest BCUT2D eigenvalue weighted by Crippen LogP contribution is -2.21. The minimum atomic E-state index is -3.03. The Labute approximate surface area is 128 Å². The second-order valence-electron chi connectivity index (χ2n) is 5.21. The van der Waals surface area contributed by atoms with Crippen LogP contribution in [0.4, 0.5) is 8.78 Å². The molecule has 0 aliphatic heterocycles. The van der Waals surface area contributed by atoms with Gasteiger partial charge < -0.3 is 4.74 Å². The van der Waals surface area contributed by atoms with Gasteiger partial charge in [0, 0.05) is 12.0 Å². The van der Waals surface area contributed by atoms with Crippen molar-refractivity contribution >= 4 is 5.78 Å². The third-order valence-corrected chi connectivity index (χ3v) is 3.29. The van der Waals surface area contributed by atoms with Crippen molar-refractivity contribution < 1.29 is 18.3 Å². The van der Waals surface area contributed by atoms with Crippen molar-refractivity contribution in [2.24, 2.45) is 0 Å². The molecule has 2 rings (SSSR count). The molecule has 0 unspecified atom stereocenters. The van der Waals surface area contributed by atoms with Crippen LogP contribution in [0.1, 0.15) is 23.6 Å². The Morgan fingerprint density at radius 3 is 2.23 bits per heavy atom. The summed E-state index contributed by atoms with van der Waals surface area (Å²) >= 11 is 0. The summed E-state index contributed by atoms with van der Waals surface area (Å²) in [6.45, 7) is 0.873. The summed E-state index contributed by atoms with van der Waals surface area (Å²) in [5.74, 6) is -3.00. The van der Waals surface area contributed by atoms with E-state index < -0.39 is 12.5 Å². The van der Waals surface area contributed by atoms with Crippen molar-refractivity contribution in [2.75, 3.05) is 6.61 Å². The molecule has 0 aliphatic rings. The molecule has 0 radical (unpaired) electrons. The highest BCUT2D eigenvalue weighted by molar-refractivity contribution is 5.78. The summed E-state index contributed by atoms with van der Waals surface area (Å²) in [5.41, 5.74) is 1.52. The number of Topliss-reactive ketones (excluding diaryl/α,β-unsaturated/α-hetero) is 1. The number of carbonyl (C=O) groups is 1. The van der Waals surface area contributed by atoms with Crippen molar-refractivity contribution in [3.8, 4) is 0 Å². The molecule has 0 aromatic heterocycles. The number of carbonyl (C=O) groups excluding carboxylic acids is 1. The zero-order chi connectivity index (χ0) is 16.0. The maximum Gasteiger partial charge on any atom is 0.296 e. The maximum absolute atomic E-state index is 14.0. The van der Waals surface area contributed by atoms with Crippen LogP contribution in [-0.4, -0.2) is 12.4 Å². The largest absolute Gasteiger partial charge is 0.370 e.